The lowest BCUT2D eigenvalue weighted by Crippen LogP contribution is -2.46. The lowest BCUT2D eigenvalue weighted by molar-refractivity contribution is -0.0108. The molecule has 2 fully saturated rings. The van der Waals surface area contributed by atoms with Gasteiger partial charge in [-0.25, -0.2) is 13.1 Å². The van der Waals surface area contributed by atoms with Crippen molar-refractivity contribution in [3.8, 4) is 0 Å². The van der Waals surface area contributed by atoms with Crippen molar-refractivity contribution in [2.24, 2.45) is 0 Å². The SMILES string of the molecule is O=S(=O)(CBr)NC1CCC2CCC1O2. The van der Waals surface area contributed by atoms with Crippen molar-refractivity contribution < 1.29 is 13.2 Å². The first-order valence-electron chi connectivity index (χ1n) is 4.82. The minimum atomic E-state index is -3.16. The van der Waals surface area contributed by atoms with Gasteiger partial charge in [0.1, 0.15) is 4.66 Å². The molecule has 0 aromatic rings. The summed E-state index contributed by atoms with van der Waals surface area (Å²) in [5.41, 5.74) is 0. The van der Waals surface area contributed by atoms with Crippen LogP contribution in [0.5, 0.6) is 0 Å². The van der Waals surface area contributed by atoms with Crippen LogP contribution in [0.15, 0.2) is 0 Å². The van der Waals surface area contributed by atoms with Gasteiger partial charge in [0.15, 0.2) is 0 Å². The molecule has 1 N–H and O–H groups in total. The molecule has 4 nitrogen and oxygen atoms in total. The zero-order valence-electron chi connectivity index (χ0n) is 7.78. The summed E-state index contributed by atoms with van der Waals surface area (Å²) in [6.07, 6.45) is 4.43. The Hall–Kier alpha value is 0.350. The van der Waals surface area contributed by atoms with Crippen LogP contribution in [0.2, 0.25) is 0 Å². The van der Waals surface area contributed by atoms with Crippen molar-refractivity contribution in [2.45, 2.75) is 43.9 Å². The van der Waals surface area contributed by atoms with E-state index in [4.69, 9.17) is 4.74 Å². The van der Waals surface area contributed by atoms with Gasteiger partial charge in [0.25, 0.3) is 0 Å². The van der Waals surface area contributed by atoms with Crippen LogP contribution in [-0.2, 0) is 14.8 Å². The Bertz CT molecular complexity index is 306. The second-order valence-electron chi connectivity index (χ2n) is 3.90. The molecule has 2 rings (SSSR count). The van der Waals surface area contributed by atoms with Crippen LogP contribution in [0.25, 0.3) is 0 Å². The Morgan fingerprint density at radius 1 is 1.29 bits per heavy atom. The van der Waals surface area contributed by atoms with Crippen molar-refractivity contribution in [3.05, 3.63) is 0 Å². The monoisotopic (exact) mass is 283 g/mol. The van der Waals surface area contributed by atoms with Crippen molar-refractivity contribution in [3.63, 3.8) is 0 Å². The summed E-state index contributed by atoms with van der Waals surface area (Å²) in [5, 5.41) is 0. The van der Waals surface area contributed by atoms with Crippen molar-refractivity contribution in [1.82, 2.24) is 4.72 Å². The number of sulfonamides is 1. The Labute approximate surface area is 92.6 Å². The van der Waals surface area contributed by atoms with E-state index >= 15 is 0 Å². The number of nitrogens with one attached hydrogen (secondary N) is 1. The first kappa shape index (κ1) is 10.9. The number of alkyl halides is 1. The summed E-state index contributed by atoms with van der Waals surface area (Å²) in [4.78, 5) is 0. The van der Waals surface area contributed by atoms with Gasteiger partial charge in [-0.15, -0.1) is 0 Å². The second-order valence-corrected chi connectivity index (χ2v) is 6.96. The summed E-state index contributed by atoms with van der Waals surface area (Å²) in [7, 11) is -3.16. The predicted octanol–water partition coefficient (Wildman–Crippen LogP) is 0.968. The normalized spacial score (nSPS) is 37.4. The molecular weight excluding hydrogens is 270 g/mol. The van der Waals surface area contributed by atoms with Crippen molar-refractivity contribution >= 4 is 26.0 Å². The van der Waals surface area contributed by atoms with Crippen LogP contribution in [0, 0.1) is 0 Å². The summed E-state index contributed by atoms with van der Waals surface area (Å²) in [5.74, 6) is 0. The third-order valence-corrected chi connectivity index (χ3v) is 5.62. The highest BCUT2D eigenvalue weighted by atomic mass is 79.9. The van der Waals surface area contributed by atoms with Gasteiger partial charge in [0, 0.05) is 6.04 Å². The Balaban J connectivity index is 1.98. The molecular formula is C8H14BrNO3S. The minimum Gasteiger partial charge on any atom is -0.373 e. The van der Waals surface area contributed by atoms with E-state index in [1.54, 1.807) is 0 Å². The summed E-state index contributed by atoms with van der Waals surface area (Å²) in [6.45, 7) is 0. The molecule has 0 aliphatic carbocycles. The third-order valence-electron chi connectivity index (χ3n) is 2.86. The molecule has 0 saturated carbocycles. The maximum atomic E-state index is 11.3. The standard InChI is InChI=1S/C8H14BrNO3S/c9-5-14(11,12)10-7-3-1-6-2-4-8(7)13-6/h6-8,10H,1-5H2. The Morgan fingerprint density at radius 2 is 2.00 bits per heavy atom. The van der Waals surface area contributed by atoms with Gasteiger partial charge >= 0.3 is 0 Å². The number of rotatable bonds is 3. The van der Waals surface area contributed by atoms with Crippen LogP contribution < -0.4 is 4.72 Å². The summed E-state index contributed by atoms with van der Waals surface area (Å²) >= 11 is 2.96. The van der Waals surface area contributed by atoms with Gasteiger partial charge < -0.3 is 4.74 Å². The third kappa shape index (κ3) is 2.29. The van der Waals surface area contributed by atoms with Crippen LogP contribution >= 0.6 is 15.9 Å². The average Bonchev–Trinajstić information content (AvgIpc) is 2.54. The Morgan fingerprint density at radius 3 is 2.71 bits per heavy atom. The highest BCUT2D eigenvalue weighted by Crippen LogP contribution is 2.32. The van der Waals surface area contributed by atoms with Gasteiger partial charge in [-0.05, 0) is 25.7 Å². The lowest BCUT2D eigenvalue weighted by atomic mass is 10.1. The molecule has 6 heteroatoms. The van der Waals surface area contributed by atoms with E-state index in [1.807, 2.05) is 0 Å². The molecule has 0 amide bonds. The topological polar surface area (TPSA) is 55.4 Å². The Kier molecular flexibility index (Phi) is 3.16. The largest absolute Gasteiger partial charge is 0.373 e. The van der Waals surface area contributed by atoms with Crippen molar-refractivity contribution in [2.75, 3.05) is 4.66 Å². The molecule has 2 aliphatic heterocycles. The van der Waals surface area contributed by atoms with Gasteiger partial charge in [-0.3, -0.25) is 0 Å². The molecule has 0 aromatic heterocycles. The minimum absolute atomic E-state index is 0.0173. The molecule has 2 aliphatic rings. The maximum Gasteiger partial charge on any atom is 0.221 e. The zero-order chi connectivity index (χ0) is 10.2. The van der Waals surface area contributed by atoms with Gasteiger partial charge in [-0.1, -0.05) is 15.9 Å². The van der Waals surface area contributed by atoms with E-state index in [-0.39, 0.29) is 16.8 Å². The summed E-state index contributed by atoms with van der Waals surface area (Å²) < 4.78 is 31.0. The molecule has 3 unspecified atom stereocenters. The number of hydrogen-bond donors (Lipinski definition) is 1. The van der Waals surface area contributed by atoms with Crippen LogP contribution in [-0.4, -0.2) is 31.3 Å². The molecule has 2 heterocycles. The van der Waals surface area contributed by atoms with E-state index in [0.717, 1.165) is 25.7 Å². The first-order valence-corrected chi connectivity index (χ1v) is 7.59. The predicted molar refractivity (Wildman–Crippen MR) is 56.8 cm³/mol. The van der Waals surface area contributed by atoms with Crippen LogP contribution in [0.1, 0.15) is 25.7 Å². The molecule has 0 radical (unpaired) electrons. The molecule has 2 bridgehead atoms. The molecule has 3 atom stereocenters. The molecule has 0 spiro atoms. The number of halogens is 1. The molecule has 0 aromatic carbocycles. The van der Waals surface area contributed by atoms with Gasteiger partial charge in [0.05, 0.1) is 12.2 Å². The highest BCUT2D eigenvalue weighted by molar-refractivity contribution is 9.10. The van der Waals surface area contributed by atoms with Crippen molar-refractivity contribution in [1.29, 1.82) is 0 Å². The number of hydrogen-bond acceptors (Lipinski definition) is 3. The highest BCUT2D eigenvalue weighted by Gasteiger charge is 2.38. The molecule has 82 valence electrons. The van der Waals surface area contributed by atoms with E-state index in [9.17, 15) is 8.42 Å². The van der Waals surface area contributed by atoms with Crippen LogP contribution in [0.3, 0.4) is 0 Å². The second kappa shape index (κ2) is 4.08. The quantitative estimate of drug-likeness (QED) is 0.786. The number of ether oxygens (including phenoxy) is 1. The lowest BCUT2D eigenvalue weighted by Gasteiger charge is -2.29. The molecule has 14 heavy (non-hydrogen) atoms. The number of fused-ring (bicyclic) bond motifs is 2. The fourth-order valence-electron chi connectivity index (χ4n) is 2.19. The zero-order valence-corrected chi connectivity index (χ0v) is 10.2. The summed E-state index contributed by atoms with van der Waals surface area (Å²) in [6, 6.07) is -0.0173. The van der Waals surface area contributed by atoms with E-state index in [0.29, 0.717) is 6.10 Å². The fourth-order valence-corrected chi connectivity index (χ4v) is 3.38. The van der Waals surface area contributed by atoms with Gasteiger partial charge in [0.2, 0.25) is 10.0 Å². The average molecular weight is 284 g/mol. The van der Waals surface area contributed by atoms with E-state index < -0.39 is 10.0 Å². The maximum absolute atomic E-state index is 11.3. The first-order chi connectivity index (χ1) is 6.61. The fraction of sp³-hybridized carbons (Fsp3) is 1.00. The van der Waals surface area contributed by atoms with E-state index in [1.165, 1.54) is 0 Å². The van der Waals surface area contributed by atoms with Crippen LogP contribution in [0.4, 0.5) is 0 Å². The van der Waals surface area contributed by atoms with E-state index in [2.05, 4.69) is 20.7 Å². The van der Waals surface area contributed by atoms with Gasteiger partial charge in [-0.2, -0.15) is 0 Å². The molecule has 2 saturated heterocycles. The smallest absolute Gasteiger partial charge is 0.221 e.